The molecule has 0 saturated carbocycles. The lowest BCUT2D eigenvalue weighted by Crippen LogP contribution is -2.11. The molecular formula is C19H12IN3O2. The number of halogens is 1. The highest BCUT2D eigenvalue weighted by Gasteiger charge is 2.10. The van der Waals surface area contributed by atoms with E-state index in [1.165, 1.54) is 0 Å². The largest absolute Gasteiger partial charge is 0.434 e. The van der Waals surface area contributed by atoms with Gasteiger partial charge in [0, 0.05) is 26.6 Å². The maximum absolute atomic E-state index is 12.3. The molecule has 5 nitrogen and oxygen atoms in total. The molecule has 0 saturated heterocycles. The Hall–Kier alpha value is -2.74. The van der Waals surface area contributed by atoms with E-state index in [0.717, 1.165) is 9.13 Å². The van der Waals surface area contributed by atoms with E-state index in [4.69, 9.17) is 4.42 Å². The molecule has 0 unspecified atom stereocenters. The zero-order valence-corrected chi connectivity index (χ0v) is 15.1. The summed E-state index contributed by atoms with van der Waals surface area (Å²) in [5, 5.41) is 2.89. The SMILES string of the molecule is O=C(Nc1ccc(-c2nc3ncccc3o2)cc1)c1cccc(I)c1. The molecule has 0 aliphatic rings. The molecule has 25 heavy (non-hydrogen) atoms. The zero-order chi connectivity index (χ0) is 17.2. The molecule has 0 bridgehead atoms. The number of amides is 1. The molecule has 2 heterocycles. The van der Waals surface area contributed by atoms with Crippen LogP contribution in [-0.2, 0) is 0 Å². The van der Waals surface area contributed by atoms with Crippen LogP contribution in [0, 0.1) is 3.57 Å². The summed E-state index contributed by atoms with van der Waals surface area (Å²) in [6.45, 7) is 0. The fourth-order valence-electron chi connectivity index (χ4n) is 2.42. The van der Waals surface area contributed by atoms with Gasteiger partial charge in [0.2, 0.25) is 5.89 Å². The van der Waals surface area contributed by atoms with Gasteiger partial charge >= 0.3 is 0 Å². The molecule has 0 aliphatic carbocycles. The predicted molar refractivity (Wildman–Crippen MR) is 104 cm³/mol. The number of nitrogens with zero attached hydrogens (tertiary/aromatic N) is 2. The molecule has 0 atom stereocenters. The maximum Gasteiger partial charge on any atom is 0.255 e. The number of rotatable bonds is 3. The molecule has 4 rings (SSSR count). The third-order valence-electron chi connectivity index (χ3n) is 3.64. The summed E-state index contributed by atoms with van der Waals surface area (Å²) in [5.41, 5.74) is 3.38. The van der Waals surface area contributed by atoms with Gasteiger partial charge in [-0.15, -0.1) is 0 Å². The molecule has 1 amide bonds. The average molecular weight is 441 g/mol. The van der Waals surface area contributed by atoms with Crippen LogP contribution in [0.5, 0.6) is 0 Å². The third kappa shape index (κ3) is 3.39. The molecule has 0 aliphatic heterocycles. The number of pyridine rings is 1. The van der Waals surface area contributed by atoms with Crippen LogP contribution < -0.4 is 5.32 Å². The standard InChI is InChI=1S/C19H12IN3O2/c20-14-4-1-3-13(11-14)18(24)22-15-8-6-12(7-9-15)19-23-17-16(25-19)5-2-10-21-17/h1-11H,(H,22,24). The minimum Gasteiger partial charge on any atom is -0.434 e. The van der Waals surface area contributed by atoms with Gasteiger partial charge in [0.1, 0.15) is 0 Å². The average Bonchev–Trinajstić information content (AvgIpc) is 3.06. The fraction of sp³-hybridized carbons (Fsp3) is 0. The maximum atomic E-state index is 12.3. The molecule has 122 valence electrons. The summed E-state index contributed by atoms with van der Waals surface area (Å²) in [5.74, 6) is 0.363. The van der Waals surface area contributed by atoms with Gasteiger partial charge in [-0.25, -0.2) is 4.98 Å². The summed E-state index contributed by atoms with van der Waals surface area (Å²) in [6.07, 6.45) is 1.68. The topological polar surface area (TPSA) is 68.0 Å². The van der Waals surface area contributed by atoms with Crippen molar-refractivity contribution in [2.75, 3.05) is 5.32 Å². The van der Waals surface area contributed by atoms with Crippen molar-refractivity contribution in [3.8, 4) is 11.5 Å². The van der Waals surface area contributed by atoms with Crippen molar-refractivity contribution >= 4 is 45.4 Å². The molecule has 0 radical (unpaired) electrons. The molecule has 4 aromatic rings. The summed E-state index contributed by atoms with van der Waals surface area (Å²) in [4.78, 5) is 20.8. The van der Waals surface area contributed by atoms with Crippen molar-refractivity contribution in [1.82, 2.24) is 9.97 Å². The van der Waals surface area contributed by atoms with Crippen molar-refractivity contribution in [1.29, 1.82) is 0 Å². The molecule has 0 spiro atoms. The quantitative estimate of drug-likeness (QED) is 0.466. The van der Waals surface area contributed by atoms with Crippen LogP contribution in [0.2, 0.25) is 0 Å². The van der Waals surface area contributed by atoms with E-state index in [9.17, 15) is 4.79 Å². The van der Waals surface area contributed by atoms with E-state index in [-0.39, 0.29) is 5.91 Å². The first-order valence-electron chi connectivity index (χ1n) is 7.58. The minimum atomic E-state index is -0.141. The number of fused-ring (bicyclic) bond motifs is 1. The van der Waals surface area contributed by atoms with Crippen LogP contribution in [0.3, 0.4) is 0 Å². The van der Waals surface area contributed by atoms with Gasteiger partial charge in [-0.3, -0.25) is 4.79 Å². The van der Waals surface area contributed by atoms with Crippen LogP contribution in [0.15, 0.2) is 71.3 Å². The number of carbonyl (C=O) groups excluding carboxylic acids is 1. The number of nitrogens with one attached hydrogen (secondary N) is 1. The van der Waals surface area contributed by atoms with Crippen LogP contribution in [0.4, 0.5) is 5.69 Å². The second kappa shape index (κ2) is 6.64. The smallest absolute Gasteiger partial charge is 0.255 e. The monoisotopic (exact) mass is 441 g/mol. The lowest BCUT2D eigenvalue weighted by molar-refractivity contribution is 0.102. The Morgan fingerprint density at radius 2 is 1.88 bits per heavy atom. The summed E-state index contributed by atoms with van der Waals surface area (Å²) >= 11 is 2.18. The highest BCUT2D eigenvalue weighted by Crippen LogP contribution is 2.24. The van der Waals surface area contributed by atoms with Crippen LogP contribution in [0.1, 0.15) is 10.4 Å². The van der Waals surface area contributed by atoms with Gasteiger partial charge in [0.15, 0.2) is 11.2 Å². The molecule has 2 aromatic carbocycles. The van der Waals surface area contributed by atoms with Crippen molar-refractivity contribution in [3.63, 3.8) is 0 Å². The Morgan fingerprint density at radius 1 is 1.04 bits per heavy atom. The fourth-order valence-corrected chi connectivity index (χ4v) is 2.96. The van der Waals surface area contributed by atoms with E-state index < -0.39 is 0 Å². The molecule has 0 fully saturated rings. The number of carbonyl (C=O) groups is 1. The predicted octanol–water partition coefficient (Wildman–Crippen LogP) is 4.75. The van der Waals surface area contributed by atoms with Gasteiger partial charge in [-0.05, 0) is 77.2 Å². The highest BCUT2D eigenvalue weighted by atomic mass is 127. The Labute approximate surface area is 157 Å². The molecule has 2 aromatic heterocycles. The van der Waals surface area contributed by atoms with E-state index >= 15 is 0 Å². The number of hydrogen-bond acceptors (Lipinski definition) is 4. The number of anilines is 1. The first-order chi connectivity index (χ1) is 12.2. The van der Waals surface area contributed by atoms with E-state index in [1.807, 2.05) is 48.5 Å². The van der Waals surface area contributed by atoms with Crippen molar-refractivity contribution in [2.45, 2.75) is 0 Å². The Morgan fingerprint density at radius 3 is 2.64 bits per heavy atom. The Bertz CT molecular complexity index is 1020. The minimum absolute atomic E-state index is 0.141. The van der Waals surface area contributed by atoms with Crippen LogP contribution in [0.25, 0.3) is 22.7 Å². The number of aromatic nitrogens is 2. The number of hydrogen-bond donors (Lipinski definition) is 1. The lowest BCUT2D eigenvalue weighted by atomic mass is 10.2. The number of oxazole rings is 1. The normalized spacial score (nSPS) is 10.8. The zero-order valence-electron chi connectivity index (χ0n) is 12.9. The molecular weight excluding hydrogens is 429 g/mol. The summed E-state index contributed by atoms with van der Waals surface area (Å²) in [6, 6.07) is 18.4. The molecule has 6 heteroatoms. The van der Waals surface area contributed by atoms with Gasteiger partial charge < -0.3 is 9.73 Å². The van der Waals surface area contributed by atoms with Gasteiger partial charge in [-0.1, -0.05) is 6.07 Å². The van der Waals surface area contributed by atoms with Crippen molar-refractivity contribution in [2.24, 2.45) is 0 Å². The van der Waals surface area contributed by atoms with Gasteiger partial charge in [0.05, 0.1) is 0 Å². The van der Waals surface area contributed by atoms with Crippen LogP contribution in [-0.4, -0.2) is 15.9 Å². The third-order valence-corrected chi connectivity index (χ3v) is 4.31. The second-order valence-corrected chi connectivity index (χ2v) is 6.63. The first kappa shape index (κ1) is 15.8. The van der Waals surface area contributed by atoms with Gasteiger partial charge in [0.25, 0.3) is 5.91 Å². The van der Waals surface area contributed by atoms with E-state index in [1.54, 1.807) is 18.3 Å². The lowest BCUT2D eigenvalue weighted by Gasteiger charge is -2.06. The van der Waals surface area contributed by atoms with Crippen molar-refractivity contribution in [3.05, 3.63) is 76.0 Å². The second-order valence-electron chi connectivity index (χ2n) is 5.39. The van der Waals surface area contributed by atoms with E-state index in [2.05, 4.69) is 37.9 Å². The van der Waals surface area contributed by atoms with Crippen molar-refractivity contribution < 1.29 is 9.21 Å². The first-order valence-corrected chi connectivity index (χ1v) is 8.66. The van der Waals surface area contributed by atoms with E-state index in [0.29, 0.717) is 28.4 Å². The Kier molecular flexibility index (Phi) is 4.19. The number of benzene rings is 2. The molecule has 1 N–H and O–H groups in total. The van der Waals surface area contributed by atoms with Gasteiger partial charge in [-0.2, -0.15) is 4.98 Å². The van der Waals surface area contributed by atoms with Crippen LogP contribution >= 0.6 is 22.6 Å². The Balaban J connectivity index is 1.54. The summed E-state index contributed by atoms with van der Waals surface area (Å²) < 4.78 is 6.71. The summed E-state index contributed by atoms with van der Waals surface area (Å²) in [7, 11) is 0. The highest BCUT2D eigenvalue weighted by molar-refractivity contribution is 14.1.